The molecule has 0 radical (unpaired) electrons. The lowest BCUT2D eigenvalue weighted by Gasteiger charge is -2.08. The number of halogens is 1. The largest absolute Gasteiger partial charge is 0.493 e. The average Bonchev–Trinajstić information content (AvgIpc) is 3.17. The molecule has 0 aliphatic carbocycles. The van der Waals surface area contributed by atoms with Crippen LogP contribution in [0.5, 0.6) is 5.75 Å². The van der Waals surface area contributed by atoms with Gasteiger partial charge in [-0.25, -0.2) is 4.98 Å². The van der Waals surface area contributed by atoms with Crippen LogP contribution >= 0.6 is 27.3 Å². The fourth-order valence-electron chi connectivity index (χ4n) is 2.69. The molecule has 8 heteroatoms. The zero-order valence-electron chi connectivity index (χ0n) is 16.6. The van der Waals surface area contributed by atoms with Crippen LogP contribution in [0.15, 0.2) is 52.3 Å². The van der Waals surface area contributed by atoms with Crippen LogP contribution in [-0.4, -0.2) is 30.1 Å². The van der Waals surface area contributed by atoms with E-state index in [0.717, 1.165) is 26.4 Å². The summed E-state index contributed by atoms with van der Waals surface area (Å²) in [6, 6.07) is 13.2. The molecule has 0 unspecified atom stereocenters. The van der Waals surface area contributed by atoms with Crippen molar-refractivity contribution in [1.82, 2.24) is 4.98 Å². The number of nitrogens with zero attached hydrogens (tertiary/aromatic N) is 1. The van der Waals surface area contributed by atoms with Gasteiger partial charge in [0.25, 0.3) is 5.91 Å². The molecule has 1 N–H and O–H groups in total. The van der Waals surface area contributed by atoms with Crippen molar-refractivity contribution in [3.05, 3.63) is 63.6 Å². The number of aromatic nitrogens is 1. The van der Waals surface area contributed by atoms with Crippen LogP contribution in [-0.2, 0) is 20.7 Å². The van der Waals surface area contributed by atoms with Gasteiger partial charge in [-0.2, -0.15) is 0 Å². The number of esters is 1. The second-order valence-corrected chi connectivity index (χ2v) is 8.15. The number of carbonyl (C=O) groups is 2. The van der Waals surface area contributed by atoms with Crippen LogP contribution in [0.3, 0.4) is 0 Å². The van der Waals surface area contributed by atoms with Crippen LogP contribution in [0.25, 0.3) is 10.6 Å². The lowest BCUT2D eigenvalue weighted by molar-refractivity contribution is -0.146. The highest BCUT2D eigenvalue weighted by molar-refractivity contribution is 9.10. The highest BCUT2D eigenvalue weighted by Gasteiger charge is 2.14. The van der Waals surface area contributed by atoms with Crippen LogP contribution in [0.2, 0.25) is 0 Å². The molecule has 156 valence electrons. The molecule has 30 heavy (non-hydrogen) atoms. The molecule has 0 aliphatic rings. The van der Waals surface area contributed by atoms with Gasteiger partial charge in [0.2, 0.25) is 0 Å². The molecule has 0 saturated heterocycles. The molecule has 0 aliphatic heterocycles. The number of ether oxygens (including phenoxy) is 2. The molecular formula is C22H21BrN2O4S. The number of hydrogen-bond acceptors (Lipinski definition) is 6. The Balaban J connectivity index is 1.54. The Morgan fingerprint density at radius 2 is 2.00 bits per heavy atom. The standard InChI is InChI=1S/C22H21BrN2O4S/c1-3-28-19-7-5-4-6-16(19)22-24-15(13-30-22)11-21(27)29-12-20(26)25-18-9-8-14(2)10-17(18)23/h4-10,13H,3,11-12H2,1-2H3,(H,25,26). The Hall–Kier alpha value is -2.71. The fraction of sp³-hybridized carbons (Fsp3) is 0.227. The first-order chi connectivity index (χ1) is 14.5. The summed E-state index contributed by atoms with van der Waals surface area (Å²) in [5.74, 6) is -0.164. The minimum atomic E-state index is -0.511. The Bertz CT molecular complexity index is 1050. The highest BCUT2D eigenvalue weighted by atomic mass is 79.9. The second kappa shape index (κ2) is 10.4. The number of aryl methyl sites for hydroxylation is 1. The summed E-state index contributed by atoms with van der Waals surface area (Å²) in [7, 11) is 0. The summed E-state index contributed by atoms with van der Waals surface area (Å²) in [5, 5.41) is 5.29. The van der Waals surface area contributed by atoms with Crippen molar-refractivity contribution in [2.45, 2.75) is 20.3 Å². The van der Waals surface area contributed by atoms with Gasteiger partial charge >= 0.3 is 5.97 Å². The van der Waals surface area contributed by atoms with E-state index in [1.165, 1.54) is 11.3 Å². The first kappa shape index (κ1) is 22.0. The average molecular weight is 489 g/mol. The van der Waals surface area contributed by atoms with Gasteiger partial charge in [-0.3, -0.25) is 9.59 Å². The second-order valence-electron chi connectivity index (χ2n) is 6.44. The van der Waals surface area contributed by atoms with Gasteiger partial charge in [-0.1, -0.05) is 18.2 Å². The van der Waals surface area contributed by atoms with E-state index in [4.69, 9.17) is 9.47 Å². The maximum atomic E-state index is 12.1. The zero-order chi connectivity index (χ0) is 21.5. The van der Waals surface area contributed by atoms with Crippen LogP contribution in [0.1, 0.15) is 18.2 Å². The van der Waals surface area contributed by atoms with Crippen LogP contribution in [0.4, 0.5) is 5.69 Å². The molecule has 3 aromatic rings. The lowest BCUT2D eigenvalue weighted by Crippen LogP contribution is -2.21. The number of benzene rings is 2. The molecule has 3 rings (SSSR count). The summed E-state index contributed by atoms with van der Waals surface area (Å²) in [6.45, 7) is 4.08. The lowest BCUT2D eigenvalue weighted by atomic mass is 10.2. The predicted octanol–water partition coefficient (Wildman–Crippen LogP) is 5.00. The van der Waals surface area contributed by atoms with Gasteiger partial charge in [-0.15, -0.1) is 11.3 Å². The molecule has 0 fully saturated rings. The third kappa shape index (κ3) is 5.90. The summed E-state index contributed by atoms with van der Waals surface area (Å²) >= 11 is 4.83. The number of hydrogen-bond donors (Lipinski definition) is 1. The Morgan fingerprint density at radius 3 is 2.77 bits per heavy atom. The summed E-state index contributed by atoms with van der Waals surface area (Å²) in [6.07, 6.45) is -0.00515. The summed E-state index contributed by atoms with van der Waals surface area (Å²) < 4.78 is 11.5. The fourth-order valence-corrected chi connectivity index (χ4v) is 4.13. The topological polar surface area (TPSA) is 77.5 Å². The minimum Gasteiger partial charge on any atom is -0.493 e. The molecule has 1 amide bonds. The Kier molecular flexibility index (Phi) is 7.59. The Morgan fingerprint density at radius 1 is 1.20 bits per heavy atom. The quantitative estimate of drug-likeness (QED) is 0.451. The van der Waals surface area contributed by atoms with Gasteiger partial charge in [0.15, 0.2) is 6.61 Å². The van der Waals surface area contributed by atoms with E-state index in [-0.39, 0.29) is 13.0 Å². The van der Waals surface area contributed by atoms with E-state index in [2.05, 4.69) is 26.2 Å². The molecule has 0 bridgehead atoms. The number of anilines is 1. The van der Waals surface area contributed by atoms with E-state index in [9.17, 15) is 9.59 Å². The molecule has 0 spiro atoms. The number of rotatable bonds is 8. The normalized spacial score (nSPS) is 10.5. The van der Waals surface area contributed by atoms with Crippen molar-refractivity contribution < 1.29 is 19.1 Å². The van der Waals surface area contributed by atoms with Crippen LogP contribution < -0.4 is 10.1 Å². The number of nitrogens with one attached hydrogen (secondary N) is 1. The van der Waals surface area contributed by atoms with Gasteiger partial charge in [0.1, 0.15) is 10.8 Å². The van der Waals surface area contributed by atoms with Crippen molar-refractivity contribution >= 4 is 44.8 Å². The molecule has 1 aromatic heterocycles. The molecule has 6 nitrogen and oxygen atoms in total. The SMILES string of the molecule is CCOc1ccccc1-c1nc(CC(=O)OCC(=O)Nc2ccc(C)cc2Br)cs1. The van der Waals surface area contributed by atoms with Gasteiger partial charge < -0.3 is 14.8 Å². The van der Waals surface area contributed by atoms with Crippen molar-refractivity contribution in [3.8, 4) is 16.3 Å². The third-order valence-corrected chi connectivity index (χ3v) is 5.64. The highest BCUT2D eigenvalue weighted by Crippen LogP contribution is 2.32. The number of thiazole rings is 1. The Labute approximate surface area is 187 Å². The van der Waals surface area contributed by atoms with E-state index in [1.54, 1.807) is 6.07 Å². The molecular weight excluding hydrogens is 468 g/mol. The maximum absolute atomic E-state index is 12.1. The van der Waals surface area contributed by atoms with Gasteiger partial charge in [0.05, 0.1) is 30.0 Å². The third-order valence-electron chi connectivity index (χ3n) is 4.06. The van der Waals surface area contributed by atoms with Gasteiger partial charge in [-0.05, 0) is 59.6 Å². The van der Waals surface area contributed by atoms with E-state index >= 15 is 0 Å². The molecule has 1 heterocycles. The monoisotopic (exact) mass is 488 g/mol. The molecule has 0 atom stereocenters. The molecule has 0 saturated carbocycles. The number of para-hydroxylation sites is 1. The number of carbonyl (C=O) groups excluding carboxylic acids is 2. The predicted molar refractivity (Wildman–Crippen MR) is 121 cm³/mol. The minimum absolute atomic E-state index is 0.00515. The van der Waals surface area contributed by atoms with Crippen molar-refractivity contribution in [2.24, 2.45) is 0 Å². The van der Waals surface area contributed by atoms with E-state index in [1.807, 2.05) is 55.6 Å². The number of amides is 1. The smallest absolute Gasteiger partial charge is 0.312 e. The van der Waals surface area contributed by atoms with E-state index < -0.39 is 11.9 Å². The van der Waals surface area contributed by atoms with Crippen LogP contribution in [0, 0.1) is 6.92 Å². The first-order valence-electron chi connectivity index (χ1n) is 9.34. The maximum Gasteiger partial charge on any atom is 0.312 e. The van der Waals surface area contributed by atoms with Crippen molar-refractivity contribution in [1.29, 1.82) is 0 Å². The van der Waals surface area contributed by atoms with Gasteiger partial charge in [0, 0.05) is 9.85 Å². The first-order valence-corrected chi connectivity index (χ1v) is 11.0. The van der Waals surface area contributed by atoms with Crippen molar-refractivity contribution in [3.63, 3.8) is 0 Å². The van der Waals surface area contributed by atoms with E-state index in [0.29, 0.717) is 18.0 Å². The summed E-state index contributed by atoms with van der Waals surface area (Å²) in [5.41, 5.74) is 3.16. The zero-order valence-corrected chi connectivity index (χ0v) is 19.0. The summed E-state index contributed by atoms with van der Waals surface area (Å²) in [4.78, 5) is 28.7. The van der Waals surface area contributed by atoms with Crippen molar-refractivity contribution in [2.75, 3.05) is 18.5 Å². The molecule has 2 aromatic carbocycles.